The first-order chi connectivity index (χ1) is 12.5. The molecule has 0 aromatic carbocycles. The van der Waals surface area contributed by atoms with Crippen molar-refractivity contribution in [3.05, 3.63) is 35.7 Å². The summed E-state index contributed by atoms with van der Waals surface area (Å²) >= 11 is 0. The fourth-order valence-corrected chi connectivity index (χ4v) is 4.49. The molecular formula is C20H25F3LiN2O4V-. The number of aromatic nitrogens is 2. The van der Waals surface area contributed by atoms with Gasteiger partial charge in [-0.25, -0.2) is 0 Å². The van der Waals surface area contributed by atoms with E-state index in [-0.39, 0.29) is 105 Å². The van der Waals surface area contributed by atoms with E-state index in [9.17, 15) is 27.9 Å². The van der Waals surface area contributed by atoms with Gasteiger partial charge in [-0.1, -0.05) is 14.4 Å². The molecule has 167 valence electrons. The zero-order valence-corrected chi connectivity index (χ0v) is 18.8. The molecule has 1 unspecified atom stereocenters. The average molecular weight is 472 g/mol. The molecule has 3 fully saturated rings. The Hall–Kier alpha value is -0.978. The molecule has 1 N–H and O–H groups in total. The molecule has 5 rings (SSSR count). The summed E-state index contributed by atoms with van der Waals surface area (Å²) in [6.45, 7) is 3.25. The summed E-state index contributed by atoms with van der Waals surface area (Å²) in [5, 5.41) is 16.5. The average Bonchev–Trinajstić information content (AvgIpc) is 3.45. The number of Topliss-reactive ketones (excluding diaryl/α,β-unsaturated/α-hetero) is 2. The van der Waals surface area contributed by atoms with Gasteiger partial charge in [-0.2, -0.15) is 18.3 Å². The number of carbonyl (C=O) groups is 2. The summed E-state index contributed by atoms with van der Waals surface area (Å²) in [4.78, 5) is 23.1. The number of allylic oxidation sites excluding steroid dienone is 1. The molecule has 3 saturated carbocycles. The van der Waals surface area contributed by atoms with E-state index in [0.717, 1.165) is 6.42 Å². The van der Waals surface area contributed by atoms with E-state index >= 15 is 0 Å². The Balaban J connectivity index is 0.000000516. The molecule has 0 spiro atoms. The molecule has 11 heteroatoms. The van der Waals surface area contributed by atoms with Crippen LogP contribution in [0.2, 0.25) is 0 Å². The van der Waals surface area contributed by atoms with Crippen molar-refractivity contribution in [2.75, 3.05) is 7.11 Å². The van der Waals surface area contributed by atoms with Gasteiger partial charge >= 0.3 is 25.0 Å². The van der Waals surface area contributed by atoms with Gasteiger partial charge in [0.15, 0.2) is 11.6 Å². The van der Waals surface area contributed by atoms with Crippen LogP contribution in [-0.2, 0) is 34.3 Å². The van der Waals surface area contributed by atoms with Crippen LogP contribution < -0.4 is 24.0 Å². The number of rotatable bonds is 1. The summed E-state index contributed by atoms with van der Waals surface area (Å²) in [7, 11) is 1.54. The monoisotopic (exact) mass is 472 g/mol. The normalized spacial score (nSPS) is 32.5. The van der Waals surface area contributed by atoms with E-state index < -0.39 is 17.5 Å². The maximum atomic E-state index is 12.4. The Bertz CT molecular complexity index is 897. The van der Waals surface area contributed by atoms with E-state index in [1.807, 2.05) is 5.10 Å². The van der Waals surface area contributed by atoms with Crippen LogP contribution in [-0.4, -0.2) is 34.5 Å². The van der Waals surface area contributed by atoms with Gasteiger partial charge in [-0.3, -0.25) is 14.7 Å². The number of alkyl halides is 3. The first kappa shape index (κ1) is 30.0. The maximum absolute atomic E-state index is 12.4. The molecule has 6 nitrogen and oxygen atoms in total. The molecular weight excluding hydrogens is 447 g/mol. The van der Waals surface area contributed by atoms with Gasteiger partial charge in [-0.05, 0) is 37.2 Å². The van der Waals surface area contributed by atoms with Gasteiger partial charge in [0.05, 0.1) is 0 Å². The molecule has 1 aromatic heterocycles. The zero-order valence-electron chi connectivity index (χ0n) is 17.4. The molecule has 1 heterocycles. The standard InChI is InChI=1S/C10H14O3.C8H5F3N2O.CH4.CH3.Li.V/c1-5(11)8-6-4-7(6)10(2,13-3)9(8)12;9-8(10,11)7-4-2-1-3(2)6(14)5(4)12-13-7;;;;/h6-7,11H,4H2,1-3H3;2-3H,1H2,(H,12,13);1H4;1H3;;/q;;;-1;+1;/p-1/b8-5-;;;;;/t6-,7+,10?;2-,3+;;;;/m00..../s1. The van der Waals surface area contributed by atoms with Gasteiger partial charge in [0.2, 0.25) is 0 Å². The minimum atomic E-state index is -4.43. The summed E-state index contributed by atoms with van der Waals surface area (Å²) < 4.78 is 42.5. The van der Waals surface area contributed by atoms with Crippen LogP contribution in [0.1, 0.15) is 61.8 Å². The second-order valence-electron chi connectivity index (χ2n) is 7.73. The van der Waals surface area contributed by atoms with Crippen LogP contribution in [0.25, 0.3) is 0 Å². The summed E-state index contributed by atoms with van der Waals surface area (Å²) in [5.74, 6) is -0.422. The van der Waals surface area contributed by atoms with Gasteiger partial charge in [0.1, 0.15) is 17.0 Å². The van der Waals surface area contributed by atoms with Crippen molar-refractivity contribution in [1.82, 2.24) is 10.2 Å². The fraction of sp³-hybridized carbons (Fsp3) is 0.600. The number of hydrogen-bond acceptors (Lipinski definition) is 5. The van der Waals surface area contributed by atoms with Gasteiger partial charge in [0, 0.05) is 43.1 Å². The number of ether oxygens (including phenoxy) is 1. The Kier molecular flexibility index (Phi) is 9.18. The summed E-state index contributed by atoms with van der Waals surface area (Å²) in [6, 6.07) is 0. The van der Waals surface area contributed by atoms with Crippen LogP contribution in [0.5, 0.6) is 0 Å². The first-order valence-corrected chi connectivity index (χ1v) is 8.69. The number of aromatic amines is 1. The van der Waals surface area contributed by atoms with Crippen LogP contribution in [0.4, 0.5) is 13.2 Å². The number of carbonyl (C=O) groups excluding carboxylic acids is 2. The van der Waals surface area contributed by atoms with Crippen LogP contribution >= 0.6 is 0 Å². The molecule has 5 atom stereocenters. The molecule has 31 heavy (non-hydrogen) atoms. The van der Waals surface area contributed by atoms with Gasteiger partial charge < -0.3 is 17.3 Å². The van der Waals surface area contributed by atoms with E-state index in [0.29, 0.717) is 12.0 Å². The number of nitrogens with zero attached hydrogens (tertiary/aromatic N) is 1. The predicted octanol–water partition coefficient (Wildman–Crippen LogP) is 0.0608. The molecule has 1 aromatic rings. The van der Waals surface area contributed by atoms with Crippen molar-refractivity contribution in [1.29, 1.82) is 0 Å². The van der Waals surface area contributed by atoms with Crippen molar-refractivity contribution in [3.63, 3.8) is 0 Å². The van der Waals surface area contributed by atoms with Crippen LogP contribution in [0.3, 0.4) is 0 Å². The summed E-state index contributed by atoms with van der Waals surface area (Å²) in [5.41, 5.74) is -0.989. The van der Waals surface area contributed by atoms with Crippen LogP contribution in [0, 0.1) is 25.2 Å². The third kappa shape index (κ3) is 4.45. The smallest absolute Gasteiger partial charge is 0.875 e. The number of ketones is 2. The van der Waals surface area contributed by atoms with Crippen molar-refractivity contribution in [2.45, 2.75) is 51.8 Å². The maximum Gasteiger partial charge on any atom is 1.00 e. The van der Waals surface area contributed by atoms with Gasteiger partial charge in [0.25, 0.3) is 0 Å². The minimum Gasteiger partial charge on any atom is -0.875 e. The Labute approximate surface area is 203 Å². The SMILES string of the molecule is C.COC1(C)C(=O)/C(=C(/C)[O-])[C@H]2C[C@H]21.O=C1c2n[nH]c(C(F)(F)F)c2[C@H]2C[C@@H]12.[CH3-].[Li+].[V]. The molecule has 0 saturated heterocycles. The quantitative estimate of drug-likeness (QED) is 0.270. The minimum absolute atomic E-state index is 0. The van der Waals surface area contributed by atoms with Crippen molar-refractivity contribution in [3.8, 4) is 0 Å². The van der Waals surface area contributed by atoms with E-state index in [2.05, 4.69) is 5.10 Å². The van der Waals surface area contributed by atoms with E-state index in [4.69, 9.17) is 4.74 Å². The second-order valence-corrected chi connectivity index (χ2v) is 7.73. The third-order valence-corrected chi connectivity index (χ3v) is 6.19. The van der Waals surface area contributed by atoms with Crippen molar-refractivity contribution < 1.29 is 70.0 Å². The van der Waals surface area contributed by atoms with Crippen molar-refractivity contribution in [2.24, 2.45) is 17.8 Å². The topological polar surface area (TPSA) is 95.1 Å². The molecule has 0 aliphatic heterocycles. The molecule has 4 aliphatic rings. The number of hydrogen-bond donors (Lipinski definition) is 1. The second kappa shape index (κ2) is 9.48. The third-order valence-electron chi connectivity index (χ3n) is 6.19. The number of halogens is 3. The van der Waals surface area contributed by atoms with Crippen LogP contribution in [0.15, 0.2) is 11.3 Å². The Morgan fingerprint density at radius 2 is 1.81 bits per heavy atom. The largest absolute Gasteiger partial charge is 1.00 e. The number of fused-ring (bicyclic) bond motifs is 4. The number of H-pyrrole nitrogens is 1. The molecule has 0 bridgehead atoms. The Morgan fingerprint density at radius 3 is 2.23 bits per heavy atom. The van der Waals surface area contributed by atoms with Gasteiger partial charge in [-0.15, -0.1) is 5.76 Å². The van der Waals surface area contributed by atoms with E-state index in [1.54, 1.807) is 6.92 Å². The molecule has 4 aliphatic carbocycles. The van der Waals surface area contributed by atoms with E-state index in [1.165, 1.54) is 14.0 Å². The zero-order chi connectivity index (χ0) is 19.9. The first-order valence-electron chi connectivity index (χ1n) is 8.69. The summed E-state index contributed by atoms with van der Waals surface area (Å²) in [6.07, 6.45) is -2.95. The predicted molar refractivity (Wildman–Crippen MR) is 96.6 cm³/mol. The molecule has 1 radical (unpaired) electrons. The van der Waals surface area contributed by atoms with Crippen molar-refractivity contribution >= 4 is 11.6 Å². The molecule has 0 amide bonds. The Morgan fingerprint density at radius 1 is 1.23 bits per heavy atom. The number of methoxy groups -OCH3 is 1. The number of nitrogens with one attached hydrogen (secondary N) is 1. The fourth-order valence-electron chi connectivity index (χ4n) is 4.49.